The quantitative estimate of drug-likeness (QED) is 0.307. The van der Waals surface area contributed by atoms with Crippen molar-refractivity contribution < 1.29 is 9.53 Å². The minimum Gasteiger partial charge on any atom is -0.465 e. The van der Waals surface area contributed by atoms with Crippen molar-refractivity contribution in [2.24, 2.45) is 0 Å². The van der Waals surface area contributed by atoms with Crippen LogP contribution in [0.2, 0.25) is 0 Å². The van der Waals surface area contributed by atoms with E-state index in [0.29, 0.717) is 6.61 Å². The van der Waals surface area contributed by atoms with Gasteiger partial charge < -0.3 is 15.0 Å². The Labute approximate surface area is 154 Å². The van der Waals surface area contributed by atoms with Gasteiger partial charge in [-0.2, -0.15) is 0 Å². The maximum absolute atomic E-state index is 10.6. The maximum atomic E-state index is 10.6. The zero-order valence-electron chi connectivity index (χ0n) is 16.2. The molecule has 2 N–H and O–H groups in total. The zero-order chi connectivity index (χ0) is 18.0. The van der Waals surface area contributed by atoms with Gasteiger partial charge in [0.05, 0.1) is 0 Å². The summed E-state index contributed by atoms with van der Waals surface area (Å²) in [5, 5.41) is 3.31. The molecule has 0 fully saturated rings. The van der Waals surface area contributed by atoms with E-state index < -0.39 is 0 Å². The van der Waals surface area contributed by atoms with Crippen LogP contribution in [0.4, 0.5) is 0 Å². The normalized spacial score (nSPS) is 10.9. The van der Waals surface area contributed by atoms with E-state index in [1.165, 1.54) is 89.7 Å². The summed E-state index contributed by atoms with van der Waals surface area (Å²) in [5.74, 6) is -0.196. The molecule has 0 aliphatic carbocycles. The van der Waals surface area contributed by atoms with Crippen LogP contribution in [-0.4, -0.2) is 30.6 Å². The van der Waals surface area contributed by atoms with E-state index in [0.717, 1.165) is 13.1 Å². The van der Waals surface area contributed by atoms with Gasteiger partial charge in [-0.3, -0.25) is 4.79 Å². The summed E-state index contributed by atoms with van der Waals surface area (Å²) >= 11 is 0. The van der Waals surface area contributed by atoms with Gasteiger partial charge in [-0.1, -0.05) is 57.8 Å². The number of carbonyl (C=O) groups is 1. The first-order valence-electron chi connectivity index (χ1n) is 10.3. The van der Waals surface area contributed by atoms with Gasteiger partial charge in [-0.25, -0.2) is 0 Å². The third-order valence-electron chi connectivity index (χ3n) is 4.55. The Morgan fingerprint density at radius 1 is 0.920 bits per heavy atom. The van der Waals surface area contributed by atoms with Crippen molar-refractivity contribution >= 4 is 5.97 Å². The van der Waals surface area contributed by atoms with E-state index in [4.69, 9.17) is 4.74 Å². The largest absolute Gasteiger partial charge is 0.465 e. The second kappa shape index (κ2) is 16.2. The van der Waals surface area contributed by atoms with Crippen LogP contribution in [0.15, 0.2) is 18.3 Å². The first-order chi connectivity index (χ1) is 12.3. The van der Waals surface area contributed by atoms with Gasteiger partial charge >= 0.3 is 5.97 Å². The van der Waals surface area contributed by atoms with Crippen LogP contribution in [0.5, 0.6) is 0 Å². The van der Waals surface area contributed by atoms with Crippen LogP contribution in [0, 0.1) is 0 Å². The lowest BCUT2D eigenvalue weighted by molar-refractivity contribution is -0.140. The summed E-state index contributed by atoms with van der Waals surface area (Å²) in [5.41, 5.74) is 1.37. The standard InChI is InChI=1S/C21H38N2O2/c1-20(24)25-19-18-22-16-12-10-8-6-4-2-3-5-7-9-11-14-21-15-13-17-23-21/h13,15,17,22-23H,2-12,14,16,18-19H2,1H3. The lowest BCUT2D eigenvalue weighted by Crippen LogP contribution is -2.21. The van der Waals surface area contributed by atoms with Crippen molar-refractivity contribution in [3.05, 3.63) is 24.0 Å². The third kappa shape index (κ3) is 14.7. The molecule has 0 unspecified atom stereocenters. The van der Waals surface area contributed by atoms with E-state index in [2.05, 4.69) is 22.4 Å². The Morgan fingerprint density at radius 2 is 1.52 bits per heavy atom. The smallest absolute Gasteiger partial charge is 0.302 e. The average Bonchev–Trinajstić information content (AvgIpc) is 3.11. The Balaban J connectivity index is 1.67. The molecule has 4 nitrogen and oxygen atoms in total. The molecule has 0 aromatic carbocycles. The van der Waals surface area contributed by atoms with Crippen LogP contribution >= 0.6 is 0 Å². The Hall–Kier alpha value is -1.29. The molecule has 0 amide bonds. The highest BCUT2D eigenvalue weighted by Crippen LogP contribution is 2.12. The van der Waals surface area contributed by atoms with Crippen LogP contribution in [0.3, 0.4) is 0 Å². The summed E-state index contributed by atoms with van der Waals surface area (Å²) in [6.07, 6.45) is 18.1. The van der Waals surface area contributed by atoms with Gasteiger partial charge in [0.1, 0.15) is 6.61 Å². The molecule has 1 heterocycles. The van der Waals surface area contributed by atoms with E-state index in [-0.39, 0.29) is 5.97 Å². The number of ether oxygens (including phenoxy) is 1. The summed E-state index contributed by atoms with van der Waals surface area (Å²) in [7, 11) is 0. The summed E-state index contributed by atoms with van der Waals surface area (Å²) in [6.45, 7) is 3.74. The monoisotopic (exact) mass is 350 g/mol. The zero-order valence-corrected chi connectivity index (χ0v) is 16.2. The second-order valence-electron chi connectivity index (χ2n) is 6.92. The highest BCUT2D eigenvalue weighted by molar-refractivity contribution is 5.65. The molecule has 0 saturated carbocycles. The topological polar surface area (TPSA) is 54.1 Å². The molecule has 0 radical (unpaired) electrons. The Kier molecular flexibility index (Phi) is 14.1. The molecule has 4 heteroatoms. The van der Waals surface area contributed by atoms with Crippen molar-refractivity contribution in [1.29, 1.82) is 0 Å². The molecular formula is C21H38N2O2. The van der Waals surface area contributed by atoms with Crippen molar-refractivity contribution in [3.63, 3.8) is 0 Å². The Bertz CT molecular complexity index is 404. The fourth-order valence-electron chi connectivity index (χ4n) is 3.07. The molecular weight excluding hydrogens is 312 g/mol. The predicted octanol–water partition coefficient (Wildman–Crippen LogP) is 5.00. The lowest BCUT2D eigenvalue weighted by Gasteiger charge is -2.05. The minimum atomic E-state index is -0.196. The first kappa shape index (κ1) is 21.8. The number of hydrogen-bond donors (Lipinski definition) is 2. The van der Waals surface area contributed by atoms with Crippen LogP contribution < -0.4 is 5.32 Å². The van der Waals surface area contributed by atoms with Crippen molar-refractivity contribution in [2.75, 3.05) is 19.7 Å². The molecule has 0 aliphatic rings. The number of aryl methyl sites for hydroxylation is 1. The SMILES string of the molecule is CC(=O)OCCNCCCCCCCCCCCCCc1ccc[nH]1. The highest BCUT2D eigenvalue weighted by Gasteiger charge is 1.96. The van der Waals surface area contributed by atoms with E-state index in [1.54, 1.807) is 0 Å². The molecule has 1 rings (SSSR count). The highest BCUT2D eigenvalue weighted by atomic mass is 16.5. The third-order valence-corrected chi connectivity index (χ3v) is 4.55. The van der Waals surface area contributed by atoms with Gasteiger partial charge in [0.25, 0.3) is 0 Å². The number of aromatic nitrogens is 1. The number of rotatable bonds is 17. The molecule has 1 aromatic heterocycles. The van der Waals surface area contributed by atoms with Gasteiger partial charge in [0, 0.05) is 25.4 Å². The van der Waals surface area contributed by atoms with E-state index in [9.17, 15) is 4.79 Å². The number of carbonyl (C=O) groups excluding carboxylic acids is 1. The number of aromatic amines is 1. The van der Waals surface area contributed by atoms with Gasteiger partial charge in [-0.15, -0.1) is 0 Å². The average molecular weight is 351 g/mol. The van der Waals surface area contributed by atoms with Crippen LogP contribution in [0.1, 0.15) is 83.2 Å². The molecule has 0 atom stereocenters. The Morgan fingerprint density at radius 3 is 2.08 bits per heavy atom. The van der Waals surface area contributed by atoms with Gasteiger partial charge in [0.2, 0.25) is 0 Å². The van der Waals surface area contributed by atoms with Gasteiger partial charge in [-0.05, 0) is 37.9 Å². The maximum Gasteiger partial charge on any atom is 0.302 e. The lowest BCUT2D eigenvalue weighted by atomic mass is 10.0. The molecule has 144 valence electrons. The summed E-state index contributed by atoms with van der Waals surface area (Å²) in [4.78, 5) is 13.9. The number of nitrogens with one attached hydrogen (secondary N) is 2. The number of unbranched alkanes of at least 4 members (excludes halogenated alkanes) is 10. The number of hydrogen-bond acceptors (Lipinski definition) is 3. The van der Waals surface area contributed by atoms with Crippen molar-refractivity contribution in [3.8, 4) is 0 Å². The molecule has 25 heavy (non-hydrogen) atoms. The van der Waals surface area contributed by atoms with Crippen molar-refractivity contribution in [1.82, 2.24) is 10.3 Å². The number of esters is 1. The molecule has 1 aromatic rings. The molecule has 0 aliphatic heterocycles. The summed E-state index contributed by atoms with van der Waals surface area (Å²) in [6, 6.07) is 4.26. The fraction of sp³-hybridized carbons (Fsp3) is 0.762. The van der Waals surface area contributed by atoms with Crippen LogP contribution in [-0.2, 0) is 16.0 Å². The second-order valence-corrected chi connectivity index (χ2v) is 6.92. The van der Waals surface area contributed by atoms with Crippen molar-refractivity contribution in [2.45, 2.75) is 84.0 Å². The molecule has 0 spiro atoms. The molecule has 0 saturated heterocycles. The van der Waals surface area contributed by atoms with Gasteiger partial charge in [0.15, 0.2) is 0 Å². The van der Waals surface area contributed by atoms with E-state index >= 15 is 0 Å². The molecule has 0 bridgehead atoms. The first-order valence-corrected chi connectivity index (χ1v) is 10.3. The number of H-pyrrole nitrogens is 1. The van der Waals surface area contributed by atoms with E-state index in [1.807, 2.05) is 6.20 Å². The van der Waals surface area contributed by atoms with Crippen LogP contribution in [0.25, 0.3) is 0 Å². The minimum absolute atomic E-state index is 0.196. The predicted molar refractivity (Wildman–Crippen MR) is 105 cm³/mol. The summed E-state index contributed by atoms with van der Waals surface area (Å²) < 4.78 is 4.87. The fourth-order valence-corrected chi connectivity index (χ4v) is 3.07.